The standard InChI is InChI=1S/C22H19FN2O4/c1-28-19-12-11-16(13-20(19)29-2)24-21(26)14-7-9-15(10-8-14)22(27)25-18-6-4-3-5-17(18)23/h3-13H,1-2H3,(H,24,26)(H,25,27). The Balaban J connectivity index is 1.69. The van der Waals surface area contributed by atoms with Crippen molar-refractivity contribution < 1.29 is 23.5 Å². The minimum absolute atomic E-state index is 0.0905. The lowest BCUT2D eigenvalue weighted by atomic mass is 10.1. The van der Waals surface area contributed by atoms with Gasteiger partial charge in [-0.3, -0.25) is 9.59 Å². The molecule has 3 rings (SSSR count). The number of anilines is 2. The molecular weight excluding hydrogens is 375 g/mol. The van der Waals surface area contributed by atoms with Gasteiger partial charge >= 0.3 is 0 Å². The van der Waals surface area contributed by atoms with E-state index in [-0.39, 0.29) is 11.6 Å². The van der Waals surface area contributed by atoms with Crippen LogP contribution in [0.1, 0.15) is 20.7 Å². The second-order valence-corrected chi connectivity index (χ2v) is 6.04. The number of amides is 2. The van der Waals surface area contributed by atoms with Gasteiger partial charge in [-0.15, -0.1) is 0 Å². The van der Waals surface area contributed by atoms with E-state index in [0.29, 0.717) is 28.3 Å². The number of hydrogen-bond donors (Lipinski definition) is 2. The molecule has 0 saturated carbocycles. The maximum absolute atomic E-state index is 13.7. The van der Waals surface area contributed by atoms with Crippen molar-refractivity contribution in [3.05, 3.63) is 83.7 Å². The first kappa shape index (κ1) is 19.9. The Morgan fingerprint density at radius 3 is 1.93 bits per heavy atom. The van der Waals surface area contributed by atoms with E-state index in [4.69, 9.17) is 9.47 Å². The molecule has 0 heterocycles. The molecular formula is C22H19FN2O4. The number of para-hydroxylation sites is 1. The molecule has 0 aliphatic heterocycles. The number of benzene rings is 3. The lowest BCUT2D eigenvalue weighted by Gasteiger charge is -2.11. The molecule has 0 saturated heterocycles. The molecule has 29 heavy (non-hydrogen) atoms. The van der Waals surface area contributed by atoms with Crippen LogP contribution in [-0.4, -0.2) is 26.0 Å². The average molecular weight is 394 g/mol. The summed E-state index contributed by atoms with van der Waals surface area (Å²) >= 11 is 0. The van der Waals surface area contributed by atoms with Gasteiger partial charge in [0.2, 0.25) is 0 Å². The van der Waals surface area contributed by atoms with E-state index in [0.717, 1.165) is 0 Å². The van der Waals surface area contributed by atoms with Crippen LogP contribution in [0.4, 0.5) is 15.8 Å². The van der Waals surface area contributed by atoms with E-state index in [1.54, 1.807) is 24.3 Å². The molecule has 0 radical (unpaired) electrons. The van der Waals surface area contributed by atoms with Crippen molar-refractivity contribution in [3.63, 3.8) is 0 Å². The van der Waals surface area contributed by atoms with Crippen molar-refractivity contribution in [1.82, 2.24) is 0 Å². The molecule has 0 fully saturated rings. The topological polar surface area (TPSA) is 76.7 Å². The van der Waals surface area contributed by atoms with Crippen LogP contribution in [0.2, 0.25) is 0 Å². The van der Waals surface area contributed by atoms with Crippen LogP contribution in [0, 0.1) is 5.82 Å². The monoisotopic (exact) mass is 394 g/mol. The van der Waals surface area contributed by atoms with Crippen molar-refractivity contribution >= 4 is 23.2 Å². The van der Waals surface area contributed by atoms with Gasteiger partial charge in [0.1, 0.15) is 5.82 Å². The summed E-state index contributed by atoms with van der Waals surface area (Å²) in [6, 6.07) is 17.0. The zero-order chi connectivity index (χ0) is 20.8. The van der Waals surface area contributed by atoms with E-state index in [1.807, 2.05) is 0 Å². The summed E-state index contributed by atoms with van der Waals surface area (Å²) in [5.41, 5.74) is 1.29. The molecule has 0 bridgehead atoms. The molecule has 0 spiro atoms. The largest absolute Gasteiger partial charge is 0.493 e. The summed E-state index contributed by atoms with van der Waals surface area (Å²) < 4.78 is 24.0. The molecule has 0 aliphatic carbocycles. The minimum Gasteiger partial charge on any atom is -0.493 e. The lowest BCUT2D eigenvalue weighted by molar-refractivity contribution is 0.101. The Morgan fingerprint density at radius 1 is 0.759 bits per heavy atom. The molecule has 0 atom stereocenters. The first-order chi connectivity index (χ1) is 14.0. The second kappa shape index (κ2) is 8.88. The van der Waals surface area contributed by atoms with Crippen LogP contribution in [0.15, 0.2) is 66.7 Å². The Kier molecular flexibility index (Phi) is 6.09. The van der Waals surface area contributed by atoms with Crippen LogP contribution in [0.25, 0.3) is 0 Å². The van der Waals surface area contributed by atoms with Gasteiger partial charge in [-0.1, -0.05) is 12.1 Å². The van der Waals surface area contributed by atoms with E-state index in [1.165, 1.54) is 56.7 Å². The predicted molar refractivity (Wildman–Crippen MR) is 108 cm³/mol. The van der Waals surface area contributed by atoms with E-state index in [2.05, 4.69) is 10.6 Å². The highest BCUT2D eigenvalue weighted by molar-refractivity contribution is 6.07. The second-order valence-electron chi connectivity index (χ2n) is 6.04. The summed E-state index contributed by atoms with van der Waals surface area (Å²) in [5, 5.41) is 5.25. The number of nitrogens with one attached hydrogen (secondary N) is 2. The quantitative estimate of drug-likeness (QED) is 0.652. The number of methoxy groups -OCH3 is 2. The Morgan fingerprint density at radius 2 is 1.34 bits per heavy atom. The van der Waals surface area contributed by atoms with Crippen LogP contribution >= 0.6 is 0 Å². The Labute approximate surface area is 167 Å². The Hall–Kier alpha value is -3.87. The first-order valence-corrected chi connectivity index (χ1v) is 8.71. The maximum atomic E-state index is 13.7. The normalized spacial score (nSPS) is 10.2. The maximum Gasteiger partial charge on any atom is 0.255 e. The summed E-state index contributed by atoms with van der Waals surface area (Å²) in [6.45, 7) is 0. The molecule has 3 aromatic rings. The smallest absolute Gasteiger partial charge is 0.255 e. The van der Waals surface area contributed by atoms with Gasteiger partial charge in [0.05, 0.1) is 19.9 Å². The number of halogens is 1. The van der Waals surface area contributed by atoms with Crippen molar-refractivity contribution in [3.8, 4) is 11.5 Å². The number of carbonyl (C=O) groups is 2. The summed E-state index contributed by atoms with van der Waals surface area (Å²) in [4.78, 5) is 24.7. The first-order valence-electron chi connectivity index (χ1n) is 8.71. The predicted octanol–water partition coefficient (Wildman–Crippen LogP) is 4.35. The molecule has 3 aromatic carbocycles. The van der Waals surface area contributed by atoms with Crippen molar-refractivity contribution in [2.75, 3.05) is 24.9 Å². The number of hydrogen-bond acceptors (Lipinski definition) is 4. The zero-order valence-electron chi connectivity index (χ0n) is 15.9. The molecule has 7 heteroatoms. The van der Waals surface area contributed by atoms with Crippen molar-refractivity contribution in [1.29, 1.82) is 0 Å². The summed E-state index contributed by atoms with van der Waals surface area (Å²) in [5.74, 6) is -0.298. The highest BCUT2D eigenvalue weighted by Gasteiger charge is 2.12. The summed E-state index contributed by atoms with van der Waals surface area (Å²) in [7, 11) is 3.04. The van der Waals surface area contributed by atoms with Crippen molar-refractivity contribution in [2.45, 2.75) is 0 Å². The number of rotatable bonds is 6. The number of ether oxygens (including phenoxy) is 2. The third-order valence-corrected chi connectivity index (χ3v) is 4.17. The fourth-order valence-electron chi connectivity index (χ4n) is 2.65. The molecule has 148 valence electrons. The lowest BCUT2D eigenvalue weighted by Crippen LogP contribution is -2.15. The molecule has 2 N–H and O–H groups in total. The van der Waals surface area contributed by atoms with Crippen LogP contribution in [-0.2, 0) is 0 Å². The Bertz CT molecular complexity index is 1040. The average Bonchev–Trinajstić information content (AvgIpc) is 2.75. The minimum atomic E-state index is -0.522. The van der Waals surface area contributed by atoms with E-state index < -0.39 is 11.7 Å². The fourth-order valence-corrected chi connectivity index (χ4v) is 2.65. The van der Waals surface area contributed by atoms with Crippen LogP contribution in [0.3, 0.4) is 0 Å². The van der Waals surface area contributed by atoms with Gasteiger partial charge in [0.25, 0.3) is 11.8 Å². The van der Waals surface area contributed by atoms with E-state index in [9.17, 15) is 14.0 Å². The third-order valence-electron chi connectivity index (χ3n) is 4.17. The van der Waals surface area contributed by atoms with Gasteiger partial charge in [-0.05, 0) is 48.5 Å². The molecule has 6 nitrogen and oxygen atoms in total. The number of carbonyl (C=O) groups excluding carboxylic acids is 2. The van der Waals surface area contributed by atoms with Crippen molar-refractivity contribution in [2.24, 2.45) is 0 Å². The fraction of sp³-hybridized carbons (Fsp3) is 0.0909. The molecule has 2 amide bonds. The molecule has 0 unspecified atom stereocenters. The van der Waals surface area contributed by atoms with Gasteiger partial charge in [-0.25, -0.2) is 4.39 Å². The highest BCUT2D eigenvalue weighted by atomic mass is 19.1. The molecule has 0 aliphatic rings. The van der Waals surface area contributed by atoms with Crippen LogP contribution < -0.4 is 20.1 Å². The van der Waals surface area contributed by atoms with Gasteiger partial charge < -0.3 is 20.1 Å². The van der Waals surface area contributed by atoms with Gasteiger partial charge in [-0.2, -0.15) is 0 Å². The van der Waals surface area contributed by atoms with Crippen LogP contribution in [0.5, 0.6) is 11.5 Å². The molecule has 0 aromatic heterocycles. The van der Waals surface area contributed by atoms with E-state index >= 15 is 0 Å². The zero-order valence-corrected chi connectivity index (χ0v) is 15.9. The summed E-state index contributed by atoms with van der Waals surface area (Å²) in [6.07, 6.45) is 0. The van der Waals surface area contributed by atoms with Gasteiger partial charge in [0.15, 0.2) is 11.5 Å². The third kappa shape index (κ3) is 4.70. The van der Waals surface area contributed by atoms with Gasteiger partial charge in [0, 0.05) is 22.9 Å². The highest BCUT2D eigenvalue weighted by Crippen LogP contribution is 2.29. The SMILES string of the molecule is COc1ccc(NC(=O)c2ccc(C(=O)Nc3ccccc3F)cc2)cc1OC.